The van der Waals surface area contributed by atoms with Crippen LogP contribution < -0.4 is 0 Å². The highest BCUT2D eigenvalue weighted by Crippen LogP contribution is 2.32. The quantitative estimate of drug-likeness (QED) is 0.398. The average molecular weight is 259 g/mol. The Morgan fingerprint density at radius 1 is 0.941 bits per heavy atom. The van der Waals surface area contributed by atoms with Gasteiger partial charge in [-0.3, -0.25) is 0 Å². The first kappa shape index (κ1) is 17.2. The zero-order chi connectivity index (χ0) is 13.1. The van der Waals surface area contributed by atoms with Crippen LogP contribution in [0.4, 0.5) is 0 Å². The van der Waals surface area contributed by atoms with Gasteiger partial charge in [-0.2, -0.15) is 0 Å². The zero-order valence-corrected chi connectivity index (χ0v) is 14.8. The van der Waals surface area contributed by atoms with Crippen molar-refractivity contribution in [2.75, 3.05) is 0 Å². The van der Waals surface area contributed by atoms with E-state index in [2.05, 4.69) is 27.7 Å². The lowest BCUT2D eigenvalue weighted by atomic mass is 9.83. The summed E-state index contributed by atoms with van der Waals surface area (Å²) >= 11 is 0. The SMILES string of the molecule is CCCCCC(CCCCC)(CC(C)C)O[SiH3]. The van der Waals surface area contributed by atoms with E-state index in [1.165, 1.54) is 57.8 Å². The van der Waals surface area contributed by atoms with Gasteiger partial charge in [0.15, 0.2) is 0 Å². The minimum Gasteiger partial charge on any atom is -0.422 e. The lowest BCUT2D eigenvalue weighted by Crippen LogP contribution is -2.33. The second kappa shape index (κ2) is 10.1. The minimum atomic E-state index is 0.227. The molecule has 2 heteroatoms. The van der Waals surface area contributed by atoms with Crippen LogP contribution in [0.1, 0.15) is 85.5 Å². The van der Waals surface area contributed by atoms with Crippen LogP contribution in [0, 0.1) is 5.92 Å². The second-order valence-corrected chi connectivity index (χ2v) is 6.31. The van der Waals surface area contributed by atoms with Gasteiger partial charge in [0, 0.05) is 0 Å². The van der Waals surface area contributed by atoms with Gasteiger partial charge in [-0.1, -0.05) is 66.2 Å². The average Bonchev–Trinajstić information content (AvgIpc) is 2.28. The largest absolute Gasteiger partial charge is 0.422 e. The summed E-state index contributed by atoms with van der Waals surface area (Å²) in [4.78, 5) is 0. The Bertz CT molecular complexity index is 158. The van der Waals surface area contributed by atoms with Crippen LogP contribution in [0.2, 0.25) is 0 Å². The molecule has 0 spiro atoms. The maximum Gasteiger partial charge on any atom is 0.146 e. The van der Waals surface area contributed by atoms with E-state index in [1.54, 1.807) is 0 Å². The molecule has 0 amide bonds. The standard InChI is InChI=1S/C15H34OSi/c1-5-7-9-11-15(16-17,13-14(3)4)12-10-8-6-2/h14H,5-13H2,1-4,17H3. The molecule has 0 heterocycles. The van der Waals surface area contributed by atoms with Crippen molar-refractivity contribution >= 4 is 10.5 Å². The van der Waals surface area contributed by atoms with Crippen molar-refractivity contribution in [2.45, 2.75) is 91.1 Å². The molecule has 0 aromatic heterocycles. The molecule has 0 aromatic carbocycles. The minimum absolute atomic E-state index is 0.227. The monoisotopic (exact) mass is 258 g/mol. The topological polar surface area (TPSA) is 9.23 Å². The molecule has 0 bridgehead atoms. The van der Waals surface area contributed by atoms with Gasteiger partial charge in [-0.25, -0.2) is 0 Å². The molecule has 1 nitrogen and oxygen atoms in total. The van der Waals surface area contributed by atoms with E-state index in [-0.39, 0.29) is 5.60 Å². The summed E-state index contributed by atoms with van der Waals surface area (Å²) in [6.07, 6.45) is 11.9. The lowest BCUT2D eigenvalue weighted by Gasteiger charge is -2.35. The van der Waals surface area contributed by atoms with Crippen LogP contribution in [0.3, 0.4) is 0 Å². The number of hydrogen-bond acceptors (Lipinski definition) is 1. The third-order valence-electron chi connectivity index (χ3n) is 3.69. The van der Waals surface area contributed by atoms with E-state index in [0.717, 1.165) is 16.4 Å². The molecule has 17 heavy (non-hydrogen) atoms. The zero-order valence-electron chi connectivity index (χ0n) is 12.8. The fourth-order valence-electron chi connectivity index (χ4n) is 2.75. The van der Waals surface area contributed by atoms with E-state index in [9.17, 15) is 0 Å². The Morgan fingerprint density at radius 2 is 1.41 bits per heavy atom. The van der Waals surface area contributed by atoms with E-state index in [1.807, 2.05) is 0 Å². The van der Waals surface area contributed by atoms with Crippen molar-refractivity contribution in [3.05, 3.63) is 0 Å². The van der Waals surface area contributed by atoms with Crippen LogP contribution in [0.25, 0.3) is 0 Å². The van der Waals surface area contributed by atoms with E-state index < -0.39 is 0 Å². The van der Waals surface area contributed by atoms with Crippen molar-refractivity contribution in [1.82, 2.24) is 0 Å². The summed E-state index contributed by atoms with van der Waals surface area (Å²) in [7, 11) is 0.888. The maximum atomic E-state index is 6.08. The van der Waals surface area contributed by atoms with Gasteiger partial charge >= 0.3 is 0 Å². The third kappa shape index (κ3) is 7.99. The van der Waals surface area contributed by atoms with Gasteiger partial charge < -0.3 is 4.43 Å². The normalized spacial score (nSPS) is 12.5. The molecule has 104 valence electrons. The Kier molecular flexibility index (Phi) is 10.2. The smallest absolute Gasteiger partial charge is 0.146 e. The van der Waals surface area contributed by atoms with Crippen LogP contribution in [-0.2, 0) is 4.43 Å². The summed E-state index contributed by atoms with van der Waals surface area (Å²) in [5, 5.41) is 0. The molecule has 0 unspecified atom stereocenters. The van der Waals surface area contributed by atoms with Gasteiger partial charge in [-0.15, -0.1) is 0 Å². The molecule has 0 aromatic rings. The number of unbranched alkanes of at least 4 members (excludes halogenated alkanes) is 4. The van der Waals surface area contributed by atoms with Gasteiger partial charge in [0.1, 0.15) is 10.5 Å². The molecular formula is C15H34OSi. The van der Waals surface area contributed by atoms with Crippen molar-refractivity contribution < 1.29 is 4.43 Å². The Balaban J connectivity index is 4.28. The molecule has 0 atom stereocenters. The highest BCUT2D eigenvalue weighted by atomic mass is 28.2. The fourth-order valence-corrected chi connectivity index (χ4v) is 3.33. The molecule has 0 aliphatic heterocycles. The lowest BCUT2D eigenvalue weighted by molar-refractivity contribution is 0.0330. The summed E-state index contributed by atoms with van der Waals surface area (Å²) in [5.74, 6) is 0.757. The summed E-state index contributed by atoms with van der Waals surface area (Å²) in [6, 6.07) is 0. The highest BCUT2D eigenvalue weighted by molar-refractivity contribution is 5.98. The molecule has 0 radical (unpaired) electrons. The highest BCUT2D eigenvalue weighted by Gasteiger charge is 2.28. The Morgan fingerprint density at radius 3 is 1.71 bits per heavy atom. The molecule has 0 aliphatic rings. The van der Waals surface area contributed by atoms with Crippen molar-refractivity contribution in [1.29, 1.82) is 0 Å². The van der Waals surface area contributed by atoms with Crippen LogP contribution in [-0.4, -0.2) is 16.1 Å². The number of hydrogen-bond donors (Lipinski definition) is 0. The third-order valence-corrected chi connectivity index (χ3v) is 4.55. The predicted octanol–water partition coefficient (Wildman–Crippen LogP) is 4.23. The van der Waals surface area contributed by atoms with Gasteiger partial charge in [0.25, 0.3) is 0 Å². The van der Waals surface area contributed by atoms with E-state index in [4.69, 9.17) is 4.43 Å². The Labute approximate surface area is 112 Å². The van der Waals surface area contributed by atoms with Gasteiger partial charge in [-0.05, 0) is 25.2 Å². The van der Waals surface area contributed by atoms with Gasteiger partial charge in [0.05, 0.1) is 5.60 Å². The van der Waals surface area contributed by atoms with Crippen LogP contribution in [0.5, 0.6) is 0 Å². The summed E-state index contributed by atoms with van der Waals surface area (Å²) in [6.45, 7) is 9.22. The van der Waals surface area contributed by atoms with Crippen molar-refractivity contribution in [3.8, 4) is 0 Å². The summed E-state index contributed by atoms with van der Waals surface area (Å²) < 4.78 is 6.08. The molecule has 0 fully saturated rings. The van der Waals surface area contributed by atoms with Crippen molar-refractivity contribution in [2.24, 2.45) is 5.92 Å². The first-order valence-electron chi connectivity index (χ1n) is 7.65. The predicted molar refractivity (Wildman–Crippen MR) is 81.5 cm³/mol. The van der Waals surface area contributed by atoms with Crippen molar-refractivity contribution in [3.63, 3.8) is 0 Å². The first-order valence-corrected chi connectivity index (χ1v) is 8.47. The molecule has 0 saturated carbocycles. The first-order chi connectivity index (χ1) is 8.10. The molecule has 0 aliphatic carbocycles. The van der Waals surface area contributed by atoms with Crippen LogP contribution in [0.15, 0.2) is 0 Å². The van der Waals surface area contributed by atoms with Crippen LogP contribution >= 0.6 is 0 Å². The second-order valence-electron chi connectivity index (χ2n) is 5.90. The number of rotatable bonds is 11. The van der Waals surface area contributed by atoms with E-state index in [0.29, 0.717) is 0 Å². The molecular weight excluding hydrogens is 224 g/mol. The molecule has 0 saturated heterocycles. The maximum absolute atomic E-state index is 6.08. The molecule has 0 N–H and O–H groups in total. The fraction of sp³-hybridized carbons (Fsp3) is 1.00. The van der Waals surface area contributed by atoms with E-state index >= 15 is 0 Å². The Hall–Kier alpha value is 0.177. The molecule has 0 rings (SSSR count). The summed E-state index contributed by atoms with van der Waals surface area (Å²) in [5.41, 5.74) is 0.227. The van der Waals surface area contributed by atoms with Gasteiger partial charge in [0.2, 0.25) is 0 Å².